The van der Waals surface area contributed by atoms with E-state index >= 15 is 0 Å². The highest BCUT2D eigenvalue weighted by molar-refractivity contribution is 14.0. The van der Waals surface area contributed by atoms with Gasteiger partial charge < -0.3 is 24.6 Å². The molecule has 10 heteroatoms. The van der Waals surface area contributed by atoms with Crippen LogP contribution in [0.1, 0.15) is 12.6 Å². The van der Waals surface area contributed by atoms with Crippen LogP contribution in [0.15, 0.2) is 41.5 Å². The smallest absolute Gasteiger partial charge is 0.409 e. The lowest BCUT2D eigenvalue weighted by molar-refractivity contribution is 0.0914. The Hall–Kier alpha value is -2.50. The van der Waals surface area contributed by atoms with Crippen molar-refractivity contribution in [1.29, 1.82) is 0 Å². The van der Waals surface area contributed by atoms with Gasteiger partial charge in [-0.3, -0.25) is 4.99 Å². The molecule has 1 aliphatic rings. The van der Waals surface area contributed by atoms with Gasteiger partial charge >= 0.3 is 6.09 Å². The van der Waals surface area contributed by atoms with Crippen molar-refractivity contribution < 1.29 is 14.3 Å². The third kappa shape index (κ3) is 6.00. The van der Waals surface area contributed by atoms with Crippen molar-refractivity contribution in [2.24, 2.45) is 4.99 Å². The van der Waals surface area contributed by atoms with Crippen LogP contribution < -0.4 is 10.1 Å². The van der Waals surface area contributed by atoms with Gasteiger partial charge in [0.05, 0.1) is 31.6 Å². The number of benzene rings is 1. The topological polar surface area (TPSA) is 84.2 Å². The summed E-state index contributed by atoms with van der Waals surface area (Å²) in [6.45, 7) is 5.42. The predicted octanol–water partition coefficient (Wildman–Crippen LogP) is 2.35. The summed E-state index contributed by atoms with van der Waals surface area (Å²) in [5.41, 5.74) is 1.88. The molecule has 0 aliphatic carbocycles. The highest BCUT2D eigenvalue weighted by Crippen LogP contribution is 2.14. The fourth-order valence-electron chi connectivity index (χ4n) is 3.15. The van der Waals surface area contributed by atoms with Crippen molar-refractivity contribution in [2.75, 3.05) is 46.9 Å². The SMILES string of the molecule is CCOC(=O)N1CCN(C(=NC)NCc2ccn(-c3ccc(OC)cc3)n2)CC1.I. The van der Waals surface area contributed by atoms with Gasteiger partial charge in [0.15, 0.2) is 5.96 Å². The first-order valence-electron chi connectivity index (χ1n) is 9.71. The standard InChI is InChI=1S/C20H28N6O3.HI/c1-4-29-20(27)25-13-11-24(12-14-25)19(21-2)22-15-16-9-10-26(23-16)17-5-7-18(28-3)8-6-17;/h5-10H,4,11-15H2,1-3H3,(H,21,22);1H. The summed E-state index contributed by atoms with van der Waals surface area (Å²) in [5.74, 6) is 1.61. The van der Waals surface area contributed by atoms with Crippen molar-refractivity contribution in [3.8, 4) is 11.4 Å². The molecule has 1 aromatic carbocycles. The number of nitrogens with one attached hydrogen (secondary N) is 1. The number of halogens is 1. The van der Waals surface area contributed by atoms with E-state index < -0.39 is 0 Å². The fraction of sp³-hybridized carbons (Fsp3) is 0.450. The number of guanidine groups is 1. The minimum atomic E-state index is -0.251. The molecule has 0 bridgehead atoms. The number of methoxy groups -OCH3 is 1. The summed E-state index contributed by atoms with van der Waals surface area (Å²) < 4.78 is 12.1. The van der Waals surface area contributed by atoms with Crippen molar-refractivity contribution in [3.05, 3.63) is 42.2 Å². The summed E-state index contributed by atoms with van der Waals surface area (Å²) >= 11 is 0. The molecule has 2 heterocycles. The number of carbonyl (C=O) groups is 1. The minimum Gasteiger partial charge on any atom is -0.497 e. The van der Waals surface area contributed by atoms with E-state index in [2.05, 4.69) is 20.3 Å². The average molecular weight is 528 g/mol. The Morgan fingerprint density at radius 2 is 1.80 bits per heavy atom. The second-order valence-corrected chi connectivity index (χ2v) is 6.52. The Kier molecular flexibility index (Phi) is 9.21. The van der Waals surface area contributed by atoms with Crippen molar-refractivity contribution in [1.82, 2.24) is 24.9 Å². The number of hydrogen-bond donors (Lipinski definition) is 1. The third-order valence-corrected chi connectivity index (χ3v) is 4.73. The Morgan fingerprint density at radius 1 is 1.13 bits per heavy atom. The van der Waals surface area contributed by atoms with E-state index in [0.29, 0.717) is 39.3 Å². The highest BCUT2D eigenvalue weighted by Gasteiger charge is 2.23. The zero-order chi connectivity index (χ0) is 20.6. The third-order valence-electron chi connectivity index (χ3n) is 4.73. The van der Waals surface area contributed by atoms with Crippen LogP contribution in [-0.2, 0) is 11.3 Å². The fourth-order valence-corrected chi connectivity index (χ4v) is 3.15. The van der Waals surface area contributed by atoms with E-state index in [4.69, 9.17) is 9.47 Å². The number of amides is 1. The Labute approximate surface area is 194 Å². The Balaban J connectivity index is 0.00000320. The molecule has 0 radical (unpaired) electrons. The maximum atomic E-state index is 11.8. The number of piperazine rings is 1. The molecule has 0 spiro atoms. The molecule has 1 fully saturated rings. The number of nitrogens with zero attached hydrogens (tertiary/aromatic N) is 5. The van der Waals surface area contributed by atoms with Crippen molar-refractivity contribution >= 4 is 36.0 Å². The van der Waals surface area contributed by atoms with E-state index in [1.54, 1.807) is 19.1 Å². The lowest BCUT2D eigenvalue weighted by atomic mass is 10.3. The average Bonchev–Trinajstić information content (AvgIpc) is 3.24. The second kappa shape index (κ2) is 11.6. The molecule has 1 amide bonds. The first-order chi connectivity index (χ1) is 14.1. The number of aliphatic imine (C=N–C) groups is 1. The van der Waals surface area contributed by atoms with Crippen molar-refractivity contribution in [3.63, 3.8) is 0 Å². The van der Waals surface area contributed by atoms with E-state index in [-0.39, 0.29) is 30.1 Å². The van der Waals surface area contributed by atoms with Gasteiger partial charge in [0, 0.05) is 39.4 Å². The van der Waals surface area contributed by atoms with Crippen LogP contribution in [0.5, 0.6) is 5.75 Å². The molecule has 1 saturated heterocycles. The van der Waals surface area contributed by atoms with Crippen LogP contribution in [0.25, 0.3) is 5.69 Å². The van der Waals surface area contributed by atoms with Gasteiger partial charge in [-0.2, -0.15) is 5.10 Å². The number of rotatable bonds is 5. The van der Waals surface area contributed by atoms with Gasteiger partial charge in [-0.1, -0.05) is 0 Å². The molecule has 0 atom stereocenters. The first kappa shape index (κ1) is 23.8. The van der Waals surface area contributed by atoms with E-state index in [1.165, 1.54) is 0 Å². The molecule has 2 aromatic rings. The van der Waals surface area contributed by atoms with Crippen LogP contribution in [0, 0.1) is 0 Å². The molecule has 1 aromatic heterocycles. The molecule has 1 N–H and O–H groups in total. The van der Waals surface area contributed by atoms with Gasteiger partial charge in [-0.25, -0.2) is 9.48 Å². The first-order valence-corrected chi connectivity index (χ1v) is 9.71. The number of hydrogen-bond acceptors (Lipinski definition) is 5. The second-order valence-electron chi connectivity index (χ2n) is 6.52. The summed E-state index contributed by atoms with van der Waals surface area (Å²) in [4.78, 5) is 20.1. The molecular weight excluding hydrogens is 499 g/mol. The van der Waals surface area contributed by atoms with Gasteiger partial charge in [-0.15, -0.1) is 24.0 Å². The minimum absolute atomic E-state index is 0. The molecule has 0 saturated carbocycles. The van der Waals surface area contributed by atoms with Gasteiger partial charge in [0.1, 0.15) is 5.75 Å². The van der Waals surface area contributed by atoms with Gasteiger partial charge in [0.2, 0.25) is 0 Å². The predicted molar refractivity (Wildman–Crippen MR) is 126 cm³/mol. The number of carbonyl (C=O) groups excluding carboxylic acids is 1. The maximum absolute atomic E-state index is 11.8. The molecule has 164 valence electrons. The van der Waals surface area contributed by atoms with Crippen LogP contribution in [0.3, 0.4) is 0 Å². The number of aromatic nitrogens is 2. The van der Waals surface area contributed by atoms with E-state index in [9.17, 15) is 4.79 Å². The Morgan fingerprint density at radius 3 is 2.40 bits per heavy atom. The van der Waals surface area contributed by atoms with E-state index in [0.717, 1.165) is 23.1 Å². The van der Waals surface area contributed by atoms with Crippen LogP contribution in [0.4, 0.5) is 4.79 Å². The normalized spacial score (nSPS) is 14.2. The van der Waals surface area contributed by atoms with Crippen LogP contribution >= 0.6 is 24.0 Å². The van der Waals surface area contributed by atoms with E-state index in [1.807, 2.05) is 48.1 Å². The summed E-state index contributed by atoms with van der Waals surface area (Å²) in [7, 11) is 3.41. The summed E-state index contributed by atoms with van der Waals surface area (Å²) in [6.07, 6.45) is 1.68. The van der Waals surface area contributed by atoms with Crippen LogP contribution in [-0.4, -0.2) is 78.6 Å². The molecule has 1 aliphatic heterocycles. The van der Waals surface area contributed by atoms with Crippen molar-refractivity contribution in [2.45, 2.75) is 13.5 Å². The molecule has 3 rings (SSSR count). The monoisotopic (exact) mass is 528 g/mol. The Bertz CT molecular complexity index is 831. The molecule has 30 heavy (non-hydrogen) atoms. The lowest BCUT2D eigenvalue weighted by Crippen LogP contribution is -2.53. The highest BCUT2D eigenvalue weighted by atomic mass is 127. The van der Waals surface area contributed by atoms with Gasteiger partial charge in [-0.05, 0) is 37.3 Å². The summed E-state index contributed by atoms with van der Waals surface area (Å²) in [5, 5.41) is 7.97. The maximum Gasteiger partial charge on any atom is 0.409 e. The van der Waals surface area contributed by atoms with Crippen LogP contribution in [0.2, 0.25) is 0 Å². The lowest BCUT2D eigenvalue weighted by Gasteiger charge is -2.35. The zero-order valence-corrected chi connectivity index (χ0v) is 19.9. The van der Waals surface area contributed by atoms with Gasteiger partial charge in [0.25, 0.3) is 0 Å². The number of ether oxygens (including phenoxy) is 2. The molecule has 9 nitrogen and oxygen atoms in total. The molecular formula is C20H29IN6O3. The zero-order valence-electron chi connectivity index (χ0n) is 17.6. The molecule has 0 unspecified atom stereocenters. The quantitative estimate of drug-likeness (QED) is 0.365. The summed E-state index contributed by atoms with van der Waals surface area (Å²) in [6, 6.07) is 9.72. The largest absolute Gasteiger partial charge is 0.497 e.